The predicted octanol–water partition coefficient (Wildman–Crippen LogP) is 3.72. The molecule has 2 rings (SSSR count). The van der Waals surface area contributed by atoms with Gasteiger partial charge in [0.1, 0.15) is 0 Å². The molecular formula is C14H16N2S. The second kappa shape index (κ2) is 5.73. The van der Waals surface area contributed by atoms with E-state index in [0.717, 1.165) is 23.6 Å². The molecule has 17 heavy (non-hydrogen) atoms. The third-order valence-corrected chi connectivity index (χ3v) is 3.25. The number of aromatic nitrogens is 1. The van der Waals surface area contributed by atoms with Crippen molar-refractivity contribution < 1.29 is 0 Å². The van der Waals surface area contributed by atoms with Crippen molar-refractivity contribution in [1.29, 1.82) is 0 Å². The van der Waals surface area contributed by atoms with Crippen molar-refractivity contribution in [3.63, 3.8) is 0 Å². The van der Waals surface area contributed by atoms with Crippen LogP contribution < -0.4 is 5.32 Å². The lowest BCUT2D eigenvalue weighted by atomic mass is 10.3. The summed E-state index contributed by atoms with van der Waals surface area (Å²) >= 11 is 1.75. The Kier molecular flexibility index (Phi) is 4.04. The molecule has 0 aliphatic carbocycles. The Hall–Kier alpha value is -1.48. The molecular weight excluding hydrogens is 228 g/mol. The average molecular weight is 244 g/mol. The number of hydrogen-bond donors (Lipinski definition) is 1. The topological polar surface area (TPSA) is 24.9 Å². The molecule has 0 unspecified atom stereocenters. The standard InChI is InChI=1S/C14H16N2S/c1-11-4-3-5-13(16-11)10-15-12-6-8-14(17-2)9-7-12/h3-9,15H,10H2,1-2H3. The number of rotatable bonds is 4. The minimum Gasteiger partial charge on any atom is -0.379 e. The van der Waals surface area contributed by atoms with Crippen molar-refractivity contribution in [2.75, 3.05) is 11.6 Å². The van der Waals surface area contributed by atoms with Crippen LogP contribution in [0.3, 0.4) is 0 Å². The smallest absolute Gasteiger partial charge is 0.0597 e. The first-order valence-electron chi connectivity index (χ1n) is 5.58. The first kappa shape index (κ1) is 12.0. The lowest BCUT2D eigenvalue weighted by Gasteiger charge is -2.07. The predicted molar refractivity (Wildman–Crippen MR) is 74.5 cm³/mol. The van der Waals surface area contributed by atoms with E-state index in [1.807, 2.05) is 25.1 Å². The maximum absolute atomic E-state index is 4.46. The normalized spacial score (nSPS) is 10.2. The van der Waals surface area contributed by atoms with E-state index in [0.29, 0.717) is 0 Å². The molecule has 1 aromatic carbocycles. The molecule has 1 heterocycles. The highest BCUT2D eigenvalue weighted by Crippen LogP contribution is 2.17. The van der Waals surface area contributed by atoms with Crippen LogP contribution in [0.25, 0.3) is 0 Å². The molecule has 0 atom stereocenters. The van der Waals surface area contributed by atoms with Crippen LogP contribution in [0.2, 0.25) is 0 Å². The second-order valence-corrected chi connectivity index (χ2v) is 4.73. The van der Waals surface area contributed by atoms with Crippen LogP contribution in [0.5, 0.6) is 0 Å². The van der Waals surface area contributed by atoms with Crippen LogP contribution in [-0.2, 0) is 6.54 Å². The highest BCUT2D eigenvalue weighted by atomic mass is 32.2. The Morgan fingerprint density at radius 3 is 2.53 bits per heavy atom. The summed E-state index contributed by atoms with van der Waals surface area (Å²) in [6, 6.07) is 14.5. The van der Waals surface area contributed by atoms with Crippen molar-refractivity contribution in [2.45, 2.75) is 18.4 Å². The minimum atomic E-state index is 0.764. The third kappa shape index (κ3) is 3.49. The lowest BCUT2D eigenvalue weighted by Crippen LogP contribution is -2.01. The Labute approximate surface area is 106 Å². The quantitative estimate of drug-likeness (QED) is 0.830. The summed E-state index contributed by atoms with van der Waals surface area (Å²) in [7, 11) is 0. The molecule has 0 bridgehead atoms. The Morgan fingerprint density at radius 2 is 1.88 bits per heavy atom. The summed E-state index contributed by atoms with van der Waals surface area (Å²) in [5.41, 5.74) is 3.26. The molecule has 0 saturated carbocycles. The van der Waals surface area contributed by atoms with Gasteiger partial charge in [0.15, 0.2) is 0 Å². The number of benzene rings is 1. The molecule has 0 amide bonds. The Balaban J connectivity index is 1.97. The van der Waals surface area contributed by atoms with Crippen molar-refractivity contribution in [1.82, 2.24) is 4.98 Å². The molecule has 3 heteroatoms. The number of pyridine rings is 1. The maximum atomic E-state index is 4.46. The average Bonchev–Trinajstić information content (AvgIpc) is 2.37. The summed E-state index contributed by atoms with van der Waals surface area (Å²) < 4.78 is 0. The van der Waals surface area contributed by atoms with Gasteiger partial charge in [0.2, 0.25) is 0 Å². The fourth-order valence-electron chi connectivity index (χ4n) is 1.60. The van der Waals surface area contributed by atoms with Gasteiger partial charge in [0.25, 0.3) is 0 Å². The van der Waals surface area contributed by atoms with E-state index >= 15 is 0 Å². The van der Waals surface area contributed by atoms with Crippen LogP contribution in [-0.4, -0.2) is 11.2 Å². The summed E-state index contributed by atoms with van der Waals surface area (Å²) in [4.78, 5) is 5.74. The van der Waals surface area contributed by atoms with Crippen molar-refractivity contribution >= 4 is 17.4 Å². The molecule has 1 aromatic heterocycles. The third-order valence-electron chi connectivity index (χ3n) is 2.51. The summed E-state index contributed by atoms with van der Waals surface area (Å²) in [6.07, 6.45) is 2.08. The summed E-state index contributed by atoms with van der Waals surface area (Å²) in [5.74, 6) is 0. The van der Waals surface area contributed by atoms with Gasteiger partial charge in [-0.15, -0.1) is 11.8 Å². The van der Waals surface area contributed by atoms with Crippen LogP contribution in [0.15, 0.2) is 47.4 Å². The molecule has 88 valence electrons. The summed E-state index contributed by atoms with van der Waals surface area (Å²) in [5, 5.41) is 3.37. The molecule has 0 radical (unpaired) electrons. The van der Waals surface area contributed by atoms with Crippen molar-refractivity contribution in [3.05, 3.63) is 53.9 Å². The number of nitrogens with zero attached hydrogens (tertiary/aromatic N) is 1. The van der Waals surface area contributed by atoms with E-state index in [4.69, 9.17) is 0 Å². The fraction of sp³-hybridized carbons (Fsp3) is 0.214. The van der Waals surface area contributed by atoms with E-state index in [1.165, 1.54) is 4.90 Å². The highest BCUT2D eigenvalue weighted by molar-refractivity contribution is 7.98. The van der Waals surface area contributed by atoms with Crippen LogP contribution in [0, 0.1) is 6.92 Å². The SMILES string of the molecule is CSc1ccc(NCc2cccc(C)n2)cc1. The van der Waals surface area contributed by atoms with Gasteiger partial charge in [-0.3, -0.25) is 4.98 Å². The molecule has 0 saturated heterocycles. The first-order chi connectivity index (χ1) is 8.28. The molecule has 2 aromatic rings. The highest BCUT2D eigenvalue weighted by Gasteiger charge is 1.96. The number of nitrogens with one attached hydrogen (secondary N) is 1. The summed E-state index contributed by atoms with van der Waals surface area (Å²) in [6.45, 7) is 2.77. The largest absolute Gasteiger partial charge is 0.379 e. The number of hydrogen-bond acceptors (Lipinski definition) is 3. The lowest BCUT2D eigenvalue weighted by molar-refractivity contribution is 1.01. The number of thioether (sulfide) groups is 1. The monoisotopic (exact) mass is 244 g/mol. The zero-order chi connectivity index (χ0) is 12.1. The maximum Gasteiger partial charge on any atom is 0.0597 e. The van der Waals surface area contributed by atoms with Crippen LogP contribution >= 0.6 is 11.8 Å². The van der Waals surface area contributed by atoms with E-state index in [1.54, 1.807) is 11.8 Å². The van der Waals surface area contributed by atoms with Gasteiger partial charge in [0.05, 0.1) is 12.2 Å². The molecule has 0 spiro atoms. The molecule has 1 N–H and O–H groups in total. The minimum absolute atomic E-state index is 0.764. The van der Waals surface area contributed by atoms with Crippen molar-refractivity contribution in [3.8, 4) is 0 Å². The van der Waals surface area contributed by atoms with Crippen molar-refractivity contribution in [2.24, 2.45) is 0 Å². The molecule has 2 nitrogen and oxygen atoms in total. The number of aryl methyl sites for hydroxylation is 1. The second-order valence-electron chi connectivity index (χ2n) is 3.85. The van der Waals surface area contributed by atoms with E-state index in [-0.39, 0.29) is 0 Å². The van der Waals surface area contributed by atoms with Gasteiger partial charge in [-0.25, -0.2) is 0 Å². The fourth-order valence-corrected chi connectivity index (χ4v) is 2.01. The van der Waals surface area contributed by atoms with E-state index < -0.39 is 0 Å². The van der Waals surface area contributed by atoms with E-state index in [9.17, 15) is 0 Å². The van der Waals surface area contributed by atoms with Crippen LogP contribution in [0.1, 0.15) is 11.4 Å². The van der Waals surface area contributed by atoms with Gasteiger partial charge in [-0.1, -0.05) is 6.07 Å². The molecule has 0 aliphatic rings. The van der Waals surface area contributed by atoms with Gasteiger partial charge >= 0.3 is 0 Å². The Bertz CT molecular complexity index is 480. The Morgan fingerprint density at radius 1 is 1.12 bits per heavy atom. The van der Waals surface area contributed by atoms with Crippen LogP contribution in [0.4, 0.5) is 5.69 Å². The number of anilines is 1. The van der Waals surface area contributed by atoms with Gasteiger partial charge in [-0.05, 0) is 49.6 Å². The molecule has 0 fully saturated rings. The van der Waals surface area contributed by atoms with Gasteiger partial charge in [-0.2, -0.15) is 0 Å². The van der Waals surface area contributed by atoms with Gasteiger partial charge in [0, 0.05) is 16.3 Å². The molecule has 0 aliphatic heterocycles. The van der Waals surface area contributed by atoms with Gasteiger partial charge < -0.3 is 5.32 Å². The first-order valence-corrected chi connectivity index (χ1v) is 6.81. The van der Waals surface area contributed by atoms with E-state index in [2.05, 4.69) is 40.8 Å². The zero-order valence-corrected chi connectivity index (χ0v) is 10.9. The zero-order valence-electron chi connectivity index (χ0n) is 10.1.